The zero-order chi connectivity index (χ0) is 15.6. The van der Waals surface area contributed by atoms with Crippen LogP contribution in [0.4, 0.5) is 10.1 Å². The molecule has 0 aromatic heterocycles. The van der Waals surface area contributed by atoms with Gasteiger partial charge in [0.2, 0.25) is 0 Å². The summed E-state index contributed by atoms with van der Waals surface area (Å²) in [6.07, 6.45) is 0. The number of sulfonamides is 1. The molecule has 7 heteroatoms. The summed E-state index contributed by atoms with van der Waals surface area (Å²) in [5.41, 5.74) is 6.45. The lowest BCUT2D eigenvalue weighted by molar-refractivity contribution is 0.598. The van der Waals surface area contributed by atoms with Gasteiger partial charge in [-0.1, -0.05) is 29.8 Å². The van der Waals surface area contributed by atoms with Crippen LogP contribution in [-0.2, 0) is 16.6 Å². The van der Waals surface area contributed by atoms with E-state index in [9.17, 15) is 12.8 Å². The number of nitrogens with one attached hydrogen (secondary N) is 1. The Balaban J connectivity index is 2.48. The van der Waals surface area contributed by atoms with Crippen LogP contribution in [0, 0.1) is 12.7 Å². The zero-order valence-electron chi connectivity index (χ0n) is 11.2. The van der Waals surface area contributed by atoms with Crippen molar-refractivity contribution < 1.29 is 12.8 Å². The fourth-order valence-corrected chi connectivity index (χ4v) is 3.50. The van der Waals surface area contributed by atoms with Crippen molar-refractivity contribution in [2.24, 2.45) is 5.73 Å². The molecule has 0 spiro atoms. The average molecular weight is 329 g/mol. The van der Waals surface area contributed by atoms with E-state index in [1.807, 2.05) is 0 Å². The first-order valence-electron chi connectivity index (χ1n) is 6.11. The van der Waals surface area contributed by atoms with E-state index in [-0.39, 0.29) is 22.2 Å². The summed E-state index contributed by atoms with van der Waals surface area (Å²) in [4.78, 5) is 0.0461. The fraction of sp³-hybridized carbons (Fsp3) is 0.143. The highest BCUT2D eigenvalue weighted by Crippen LogP contribution is 2.28. The molecule has 0 atom stereocenters. The number of hydrogen-bond acceptors (Lipinski definition) is 3. The smallest absolute Gasteiger partial charge is 0.262 e. The third-order valence-corrected chi connectivity index (χ3v) is 4.78. The molecule has 0 aliphatic rings. The van der Waals surface area contributed by atoms with Gasteiger partial charge in [-0.3, -0.25) is 4.72 Å². The second kappa shape index (κ2) is 6.01. The highest BCUT2D eigenvalue weighted by molar-refractivity contribution is 7.92. The highest BCUT2D eigenvalue weighted by Gasteiger charge is 2.20. The summed E-state index contributed by atoms with van der Waals surface area (Å²) in [5, 5.41) is -0.00814. The number of hydrogen-bond donors (Lipinski definition) is 2. The molecule has 0 aliphatic carbocycles. The Morgan fingerprint density at radius 1 is 1.29 bits per heavy atom. The van der Waals surface area contributed by atoms with Crippen molar-refractivity contribution in [1.29, 1.82) is 0 Å². The maximum Gasteiger partial charge on any atom is 0.262 e. The predicted molar refractivity (Wildman–Crippen MR) is 81.3 cm³/mol. The maximum absolute atomic E-state index is 13.7. The largest absolute Gasteiger partial charge is 0.326 e. The second-order valence-corrected chi connectivity index (χ2v) is 6.56. The second-order valence-electron chi connectivity index (χ2n) is 4.51. The van der Waals surface area contributed by atoms with E-state index >= 15 is 0 Å². The number of benzene rings is 2. The molecule has 0 radical (unpaired) electrons. The van der Waals surface area contributed by atoms with Crippen molar-refractivity contribution in [3.05, 3.63) is 58.4 Å². The van der Waals surface area contributed by atoms with Crippen molar-refractivity contribution >= 4 is 27.3 Å². The minimum atomic E-state index is -3.95. The van der Waals surface area contributed by atoms with Gasteiger partial charge in [0.05, 0.1) is 9.92 Å². The lowest BCUT2D eigenvalue weighted by Crippen LogP contribution is -2.16. The van der Waals surface area contributed by atoms with E-state index in [1.165, 1.54) is 18.2 Å². The molecule has 0 heterocycles. The summed E-state index contributed by atoms with van der Waals surface area (Å²) in [6, 6.07) is 8.80. The Bertz CT molecular complexity index is 758. The minimum Gasteiger partial charge on any atom is -0.326 e. The van der Waals surface area contributed by atoms with Crippen LogP contribution in [0.5, 0.6) is 0 Å². The van der Waals surface area contributed by atoms with Gasteiger partial charge in [-0.15, -0.1) is 0 Å². The van der Waals surface area contributed by atoms with E-state index < -0.39 is 15.8 Å². The van der Waals surface area contributed by atoms with Crippen LogP contribution in [0.2, 0.25) is 5.02 Å². The normalized spacial score (nSPS) is 11.4. The molecule has 2 aromatic rings. The first-order chi connectivity index (χ1) is 9.85. The Kier molecular flexibility index (Phi) is 4.51. The monoisotopic (exact) mass is 328 g/mol. The number of halogens is 2. The zero-order valence-corrected chi connectivity index (χ0v) is 12.8. The fourth-order valence-electron chi connectivity index (χ4n) is 1.85. The molecule has 0 unspecified atom stereocenters. The van der Waals surface area contributed by atoms with Gasteiger partial charge in [0.25, 0.3) is 10.0 Å². The SMILES string of the molecule is Cc1ccc(CN)cc1S(=O)(=O)Nc1c(F)cccc1Cl. The predicted octanol–water partition coefficient (Wildman–Crippen LogP) is 3.05. The molecule has 112 valence electrons. The molecule has 0 saturated carbocycles. The quantitative estimate of drug-likeness (QED) is 0.906. The van der Waals surface area contributed by atoms with Crippen molar-refractivity contribution in [2.45, 2.75) is 18.4 Å². The lowest BCUT2D eigenvalue weighted by atomic mass is 10.1. The number of nitrogens with two attached hydrogens (primary N) is 1. The summed E-state index contributed by atoms with van der Waals surface area (Å²) in [6.45, 7) is 1.86. The molecule has 0 bridgehead atoms. The van der Waals surface area contributed by atoms with Crippen LogP contribution in [0.25, 0.3) is 0 Å². The minimum absolute atomic E-state index is 0.00814. The number of anilines is 1. The summed E-state index contributed by atoms with van der Waals surface area (Å²) < 4.78 is 40.7. The number of rotatable bonds is 4. The van der Waals surface area contributed by atoms with Crippen LogP contribution in [0.1, 0.15) is 11.1 Å². The van der Waals surface area contributed by atoms with Gasteiger partial charge in [-0.2, -0.15) is 0 Å². The number of para-hydroxylation sites is 1. The topological polar surface area (TPSA) is 72.2 Å². The molecule has 0 aliphatic heterocycles. The maximum atomic E-state index is 13.7. The first-order valence-corrected chi connectivity index (χ1v) is 7.97. The van der Waals surface area contributed by atoms with Gasteiger partial charge in [0.15, 0.2) is 0 Å². The molecule has 4 nitrogen and oxygen atoms in total. The van der Waals surface area contributed by atoms with E-state index in [2.05, 4.69) is 4.72 Å². The van der Waals surface area contributed by atoms with Gasteiger partial charge >= 0.3 is 0 Å². The molecule has 0 fully saturated rings. The van der Waals surface area contributed by atoms with Crippen LogP contribution in [-0.4, -0.2) is 8.42 Å². The van der Waals surface area contributed by atoms with E-state index in [4.69, 9.17) is 17.3 Å². The summed E-state index contributed by atoms with van der Waals surface area (Å²) in [7, 11) is -3.95. The Morgan fingerprint density at radius 3 is 2.62 bits per heavy atom. The van der Waals surface area contributed by atoms with Gasteiger partial charge in [-0.05, 0) is 36.2 Å². The molecule has 3 N–H and O–H groups in total. The first kappa shape index (κ1) is 15.8. The molecule has 0 saturated heterocycles. The van der Waals surface area contributed by atoms with E-state index in [0.717, 1.165) is 6.07 Å². The van der Waals surface area contributed by atoms with Gasteiger partial charge in [0, 0.05) is 6.54 Å². The Hall–Kier alpha value is -1.63. The van der Waals surface area contributed by atoms with Crippen molar-refractivity contribution in [3.63, 3.8) is 0 Å². The van der Waals surface area contributed by atoms with E-state index in [0.29, 0.717) is 11.1 Å². The third kappa shape index (κ3) is 3.34. The van der Waals surface area contributed by atoms with Crippen molar-refractivity contribution in [3.8, 4) is 0 Å². The standard InChI is InChI=1S/C14H14ClFN2O2S/c1-9-5-6-10(8-17)7-13(9)21(19,20)18-14-11(15)3-2-4-12(14)16/h2-7,18H,8,17H2,1H3. The number of aryl methyl sites for hydroxylation is 1. The molecule has 2 aromatic carbocycles. The highest BCUT2D eigenvalue weighted by atomic mass is 35.5. The van der Waals surface area contributed by atoms with Gasteiger partial charge in [-0.25, -0.2) is 12.8 Å². The molecule has 0 amide bonds. The average Bonchev–Trinajstić information content (AvgIpc) is 2.43. The molecular weight excluding hydrogens is 315 g/mol. The van der Waals surface area contributed by atoms with Crippen LogP contribution in [0.15, 0.2) is 41.3 Å². The summed E-state index contributed by atoms with van der Waals surface area (Å²) in [5.74, 6) is -0.737. The van der Waals surface area contributed by atoms with Gasteiger partial charge in [0.1, 0.15) is 11.5 Å². The van der Waals surface area contributed by atoms with Crippen molar-refractivity contribution in [1.82, 2.24) is 0 Å². The lowest BCUT2D eigenvalue weighted by Gasteiger charge is -2.13. The van der Waals surface area contributed by atoms with E-state index in [1.54, 1.807) is 19.1 Å². The molecule has 2 rings (SSSR count). The Morgan fingerprint density at radius 2 is 2.00 bits per heavy atom. The van der Waals surface area contributed by atoms with Gasteiger partial charge < -0.3 is 5.73 Å². The van der Waals surface area contributed by atoms with Crippen LogP contribution in [0.3, 0.4) is 0 Å². The summed E-state index contributed by atoms with van der Waals surface area (Å²) >= 11 is 5.83. The Labute approximate surface area is 127 Å². The van der Waals surface area contributed by atoms with Crippen LogP contribution < -0.4 is 10.5 Å². The molecule has 21 heavy (non-hydrogen) atoms. The van der Waals surface area contributed by atoms with Crippen LogP contribution >= 0.6 is 11.6 Å². The van der Waals surface area contributed by atoms with Crippen molar-refractivity contribution in [2.75, 3.05) is 4.72 Å². The molecular formula is C14H14ClFN2O2S. The third-order valence-electron chi connectivity index (χ3n) is 2.98.